The minimum atomic E-state index is -3.13. The number of aryl methyl sites for hydroxylation is 6. The van der Waals surface area contributed by atoms with Gasteiger partial charge in [-0.1, -0.05) is 125 Å². The van der Waals surface area contributed by atoms with Crippen molar-refractivity contribution in [2.24, 2.45) is 0 Å². The standard InChI is InChI=1S/C58H52N4O/c1-38(2)51-32-55(45-12-7-5-8-13-45)61-36-47(51)24-20-42-28-41(29-43(30-42)21-25-48-37-62-56(33-52(48)39(3)4)46-14-9-6-10-15-46)19-18-40-22-26-54(60-35-40)50-17-11-16-49-53-31-44(34-59)23-27-57(53)63-58(49)50/h5-17,22-23,26-33,35-39H,18-21,24-25H2,1-4H3/i18D2,19D2,20D2,21D2,24D2,25D2. The van der Waals surface area contributed by atoms with Gasteiger partial charge in [-0.3, -0.25) is 15.0 Å². The summed E-state index contributed by atoms with van der Waals surface area (Å²) in [6.07, 6.45) is -14.5. The van der Waals surface area contributed by atoms with Crippen LogP contribution >= 0.6 is 0 Å². The van der Waals surface area contributed by atoms with Crippen LogP contribution < -0.4 is 0 Å². The number of pyridine rings is 3. The molecule has 0 aliphatic rings. The fourth-order valence-electron chi connectivity index (χ4n) is 7.60. The molecule has 0 aliphatic heterocycles. The fraction of sp³-hybridized carbons (Fsp3) is 0.207. The van der Waals surface area contributed by atoms with Crippen LogP contribution in [-0.4, -0.2) is 15.0 Å². The first kappa shape index (κ1) is 29.2. The molecule has 0 N–H and O–H groups in total. The van der Waals surface area contributed by atoms with E-state index in [-0.39, 0.29) is 28.5 Å². The number of benzene rings is 5. The molecule has 5 aromatic carbocycles. The largest absolute Gasteiger partial charge is 0.455 e. The maximum atomic E-state index is 9.71. The van der Waals surface area contributed by atoms with E-state index in [9.17, 15) is 21.7 Å². The monoisotopic (exact) mass is 832 g/mol. The Morgan fingerprint density at radius 1 is 0.508 bits per heavy atom. The van der Waals surface area contributed by atoms with Crippen molar-refractivity contribution in [1.82, 2.24) is 15.0 Å². The molecule has 0 saturated carbocycles. The zero-order valence-corrected chi connectivity index (χ0v) is 35.4. The van der Waals surface area contributed by atoms with Crippen molar-refractivity contribution in [2.45, 2.75) is 77.8 Å². The van der Waals surface area contributed by atoms with Crippen LogP contribution in [0.1, 0.15) is 106 Å². The summed E-state index contributed by atoms with van der Waals surface area (Å²) in [5.41, 5.74) is 3.75. The van der Waals surface area contributed by atoms with E-state index in [2.05, 4.69) is 21.0 Å². The molecular weight excluding hydrogens is 769 g/mol. The fourth-order valence-corrected chi connectivity index (χ4v) is 7.60. The Morgan fingerprint density at radius 2 is 1.05 bits per heavy atom. The van der Waals surface area contributed by atoms with Crippen molar-refractivity contribution in [3.05, 3.63) is 208 Å². The summed E-state index contributed by atoms with van der Waals surface area (Å²) in [6, 6.07) is 40.4. The van der Waals surface area contributed by atoms with E-state index >= 15 is 0 Å². The predicted molar refractivity (Wildman–Crippen MR) is 258 cm³/mol. The van der Waals surface area contributed by atoms with Gasteiger partial charge in [-0.15, -0.1) is 0 Å². The lowest BCUT2D eigenvalue weighted by Gasteiger charge is -2.16. The van der Waals surface area contributed by atoms with Gasteiger partial charge in [0, 0.05) is 62.5 Å². The van der Waals surface area contributed by atoms with Crippen LogP contribution in [0.25, 0.3) is 55.7 Å². The van der Waals surface area contributed by atoms with Crippen LogP contribution in [0.3, 0.4) is 0 Å². The normalized spacial score (nSPS) is 15.7. The summed E-state index contributed by atoms with van der Waals surface area (Å²) in [5, 5.41) is 11.0. The molecule has 9 rings (SSSR count). The van der Waals surface area contributed by atoms with Gasteiger partial charge in [-0.2, -0.15) is 5.26 Å². The minimum Gasteiger partial charge on any atom is -0.455 e. The highest BCUT2D eigenvalue weighted by atomic mass is 16.3. The molecule has 0 aliphatic carbocycles. The molecule has 5 nitrogen and oxygen atoms in total. The number of fused-ring (bicyclic) bond motifs is 3. The van der Waals surface area contributed by atoms with Gasteiger partial charge in [-0.25, -0.2) is 0 Å². The highest BCUT2D eigenvalue weighted by Crippen LogP contribution is 2.36. The second-order valence-electron chi connectivity index (χ2n) is 15.9. The Hall–Kier alpha value is -7.16. The van der Waals surface area contributed by atoms with Gasteiger partial charge in [0.05, 0.1) is 28.7 Å². The summed E-state index contributed by atoms with van der Waals surface area (Å²) in [7, 11) is 0. The van der Waals surface area contributed by atoms with E-state index in [0.29, 0.717) is 50.5 Å². The molecule has 0 fully saturated rings. The van der Waals surface area contributed by atoms with Crippen LogP contribution in [0.4, 0.5) is 0 Å². The van der Waals surface area contributed by atoms with Gasteiger partial charge >= 0.3 is 0 Å². The maximum Gasteiger partial charge on any atom is 0.144 e. The third-order valence-electron chi connectivity index (χ3n) is 10.9. The number of hydrogen-bond acceptors (Lipinski definition) is 5. The van der Waals surface area contributed by atoms with Crippen molar-refractivity contribution in [2.75, 3.05) is 0 Å². The van der Waals surface area contributed by atoms with E-state index in [4.69, 9.17) is 4.42 Å². The number of furan rings is 1. The number of hydrogen-bond donors (Lipinski definition) is 0. The maximum absolute atomic E-state index is 9.71. The summed E-state index contributed by atoms with van der Waals surface area (Å²) in [6.45, 7) is 7.35. The third kappa shape index (κ3) is 9.22. The molecule has 4 heterocycles. The van der Waals surface area contributed by atoms with Crippen molar-refractivity contribution < 1.29 is 20.9 Å². The lowest BCUT2D eigenvalue weighted by atomic mass is 9.90. The summed E-state index contributed by atoms with van der Waals surface area (Å²) >= 11 is 0. The zero-order chi connectivity index (χ0) is 54.0. The van der Waals surface area contributed by atoms with Crippen LogP contribution in [0.2, 0.25) is 0 Å². The second-order valence-corrected chi connectivity index (χ2v) is 15.9. The van der Waals surface area contributed by atoms with E-state index in [1.165, 1.54) is 30.7 Å². The molecule has 0 radical (unpaired) electrons. The minimum absolute atomic E-state index is 0.103. The summed E-state index contributed by atoms with van der Waals surface area (Å²) in [4.78, 5) is 13.7. The van der Waals surface area contributed by atoms with Gasteiger partial charge in [0.1, 0.15) is 11.2 Å². The SMILES string of the molecule is [2H]C([2H])(c1ccc(-c2cccc3c2oc2ccc(C#N)cc23)nc1)C([2H])([2H])c1cc(C([2H])([2H])C([2H])([2H])c2cnc(-c3ccccc3)cc2C(C)C)cc(C([2H])([2H])C([2H])([2H])c2cnc(-c3ccccc3)cc2C(C)C)c1. The highest BCUT2D eigenvalue weighted by molar-refractivity contribution is 6.09. The quantitative estimate of drug-likeness (QED) is 0.109. The smallest absolute Gasteiger partial charge is 0.144 e. The Kier molecular flexibility index (Phi) is 8.55. The average molecular weight is 833 g/mol. The van der Waals surface area contributed by atoms with Crippen LogP contribution in [-0.2, 0) is 38.2 Å². The molecule has 63 heavy (non-hydrogen) atoms. The molecule has 5 heteroatoms. The second kappa shape index (κ2) is 18.4. The first-order valence-corrected chi connectivity index (χ1v) is 20.9. The Morgan fingerprint density at radius 3 is 1.57 bits per heavy atom. The lowest BCUT2D eigenvalue weighted by Crippen LogP contribution is -2.04. The number of aromatic nitrogens is 3. The summed E-state index contributed by atoms with van der Waals surface area (Å²) < 4.78 is 122. The van der Waals surface area contributed by atoms with Gasteiger partial charge in [0.2, 0.25) is 0 Å². The Bertz CT molecular complexity index is 3510. The van der Waals surface area contributed by atoms with Gasteiger partial charge in [0.15, 0.2) is 0 Å². The molecule has 310 valence electrons. The highest BCUT2D eigenvalue weighted by Gasteiger charge is 2.16. The lowest BCUT2D eigenvalue weighted by molar-refractivity contribution is 0.670. The van der Waals surface area contributed by atoms with Gasteiger partial charge in [-0.05, 0) is 137 Å². The first-order valence-electron chi connectivity index (χ1n) is 26.9. The summed E-state index contributed by atoms with van der Waals surface area (Å²) in [5.74, 6) is -0.662. The topological polar surface area (TPSA) is 75.6 Å². The molecule has 4 aromatic heterocycles. The molecule has 0 saturated heterocycles. The zero-order valence-electron chi connectivity index (χ0n) is 47.4. The van der Waals surface area contributed by atoms with Crippen LogP contribution in [0, 0.1) is 11.3 Å². The molecule has 0 unspecified atom stereocenters. The predicted octanol–water partition coefficient (Wildman–Crippen LogP) is 14.2. The van der Waals surface area contributed by atoms with Crippen LogP contribution in [0.15, 0.2) is 163 Å². The van der Waals surface area contributed by atoms with Crippen molar-refractivity contribution in [3.63, 3.8) is 0 Å². The van der Waals surface area contributed by atoms with Gasteiger partial charge < -0.3 is 4.42 Å². The van der Waals surface area contributed by atoms with E-state index in [1.807, 2.05) is 94.4 Å². The van der Waals surface area contributed by atoms with Crippen LogP contribution in [0.5, 0.6) is 0 Å². The molecule has 0 amide bonds. The first-order chi connectivity index (χ1) is 35.3. The van der Waals surface area contributed by atoms with Crippen molar-refractivity contribution >= 4 is 21.9 Å². The molecule has 0 bridgehead atoms. The molecule has 9 aromatic rings. The number of rotatable bonds is 14. The van der Waals surface area contributed by atoms with E-state index in [0.717, 1.165) is 40.1 Å². The van der Waals surface area contributed by atoms with E-state index < -0.39 is 54.9 Å². The van der Waals surface area contributed by atoms with E-state index in [1.54, 1.807) is 42.5 Å². The van der Waals surface area contributed by atoms with Gasteiger partial charge in [0.25, 0.3) is 0 Å². The Labute approximate surface area is 388 Å². The molecule has 0 spiro atoms. The number of nitriles is 1. The number of para-hydroxylation sites is 1. The Balaban J connectivity index is 1.18. The van der Waals surface area contributed by atoms with Crippen molar-refractivity contribution in [1.29, 1.82) is 5.26 Å². The van der Waals surface area contributed by atoms with Crippen molar-refractivity contribution in [3.8, 4) is 39.8 Å². The number of nitrogens with zero attached hydrogens (tertiary/aromatic N) is 4. The average Bonchev–Trinajstić information content (AvgIpc) is 3.79. The molecule has 0 atom stereocenters. The third-order valence-corrected chi connectivity index (χ3v) is 10.9. The molecular formula is C58H52N4O.